The van der Waals surface area contributed by atoms with E-state index >= 15 is 0 Å². The van der Waals surface area contributed by atoms with E-state index in [2.05, 4.69) is 11.4 Å². The van der Waals surface area contributed by atoms with Gasteiger partial charge in [0.15, 0.2) is 5.78 Å². The van der Waals surface area contributed by atoms with Gasteiger partial charge in [-0.15, -0.1) is 11.8 Å². The maximum absolute atomic E-state index is 12.7. The molecular weight excluding hydrogens is 358 g/mol. The van der Waals surface area contributed by atoms with Crippen molar-refractivity contribution in [1.29, 1.82) is 0 Å². The molecular formula is C19H16ClNOS2. The van der Waals surface area contributed by atoms with Gasteiger partial charge in [-0.1, -0.05) is 23.7 Å². The largest absolute Gasteiger partial charge is 0.398 e. The number of nitrogens with two attached hydrogens (primary N) is 1. The lowest BCUT2D eigenvalue weighted by molar-refractivity contribution is 0.0982. The van der Waals surface area contributed by atoms with Crippen LogP contribution in [-0.2, 0) is 0 Å². The van der Waals surface area contributed by atoms with Crippen LogP contribution in [0.5, 0.6) is 0 Å². The number of halogens is 1. The molecule has 2 nitrogen and oxygen atoms in total. The number of ketones is 1. The summed E-state index contributed by atoms with van der Waals surface area (Å²) in [5, 5.41) is 4.78. The molecule has 2 aromatic carbocycles. The quantitative estimate of drug-likeness (QED) is 0.323. The summed E-state index contributed by atoms with van der Waals surface area (Å²) < 4.78 is 0. The first-order chi connectivity index (χ1) is 11.6. The minimum Gasteiger partial charge on any atom is -0.398 e. The third kappa shape index (κ3) is 4.20. The van der Waals surface area contributed by atoms with Gasteiger partial charge in [-0.25, -0.2) is 0 Å². The molecule has 0 fully saturated rings. The van der Waals surface area contributed by atoms with Gasteiger partial charge in [0, 0.05) is 32.8 Å². The molecule has 1 atom stereocenters. The van der Waals surface area contributed by atoms with Crippen LogP contribution in [0, 0.1) is 0 Å². The lowest BCUT2D eigenvalue weighted by Gasteiger charge is -2.16. The fourth-order valence-electron chi connectivity index (χ4n) is 2.35. The molecule has 3 aromatic rings. The number of thioether (sulfide) groups is 1. The number of carbonyl (C=O) groups excluding carboxylic acids is 1. The van der Waals surface area contributed by atoms with Crippen molar-refractivity contribution in [3.63, 3.8) is 0 Å². The standard InChI is InChI=1S/C19H16ClNOS2/c20-15-7-5-13(6-8-15)17(22)11-19(14-9-10-23-12-14)24-18-4-2-1-3-16(18)21/h1-10,12,19H,11,21H2/t19-/m1/s1. The highest BCUT2D eigenvalue weighted by Crippen LogP contribution is 2.41. The lowest BCUT2D eigenvalue weighted by Crippen LogP contribution is -2.05. The second-order valence-corrected chi connectivity index (χ2v) is 7.80. The molecule has 1 aromatic heterocycles. The number of rotatable bonds is 6. The maximum Gasteiger partial charge on any atom is 0.164 e. The van der Waals surface area contributed by atoms with Crippen molar-refractivity contribution in [2.75, 3.05) is 5.73 Å². The molecule has 0 bridgehead atoms. The van der Waals surface area contributed by atoms with Crippen LogP contribution in [0.3, 0.4) is 0 Å². The zero-order chi connectivity index (χ0) is 16.9. The average molecular weight is 374 g/mol. The second-order valence-electron chi connectivity index (χ2n) is 5.34. The van der Waals surface area contributed by atoms with E-state index in [1.807, 2.05) is 29.6 Å². The number of Topliss-reactive ketones (excluding diaryl/α,β-unsaturated/α-hetero) is 1. The molecule has 1 heterocycles. The summed E-state index contributed by atoms with van der Waals surface area (Å²) in [5.74, 6) is 0.102. The number of benzene rings is 2. The summed E-state index contributed by atoms with van der Waals surface area (Å²) >= 11 is 9.17. The van der Waals surface area contributed by atoms with Crippen LogP contribution in [0.1, 0.15) is 27.6 Å². The van der Waals surface area contributed by atoms with Crippen molar-refractivity contribution in [2.24, 2.45) is 0 Å². The van der Waals surface area contributed by atoms with Gasteiger partial charge in [-0.2, -0.15) is 11.3 Å². The van der Waals surface area contributed by atoms with Gasteiger partial charge in [0.05, 0.1) is 0 Å². The van der Waals surface area contributed by atoms with E-state index in [1.54, 1.807) is 47.4 Å². The Kier molecular flexibility index (Phi) is 5.61. The minimum atomic E-state index is 0.0316. The van der Waals surface area contributed by atoms with E-state index in [0.29, 0.717) is 17.0 Å². The first kappa shape index (κ1) is 17.1. The van der Waals surface area contributed by atoms with Crippen LogP contribution in [0.4, 0.5) is 5.69 Å². The molecule has 24 heavy (non-hydrogen) atoms. The molecule has 5 heteroatoms. The molecule has 0 aliphatic carbocycles. The Morgan fingerprint density at radius 3 is 2.54 bits per heavy atom. The van der Waals surface area contributed by atoms with E-state index in [0.717, 1.165) is 16.1 Å². The molecule has 0 unspecified atom stereocenters. The highest BCUT2D eigenvalue weighted by atomic mass is 35.5. The van der Waals surface area contributed by atoms with Crippen LogP contribution < -0.4 is 5.73 Å². The van der Waals surface area contributed by atoms with Crippen LogP contribution in [0.15, 0.2) is 70.3 Å². The Labute approximate surface area is 154 Å². The Bertz CT molecular complexity index is 816. The molecule has 3 rings (SSSR count). The van der Waals surface area contributed by atoms with Gasteiger partial charge in [0.1, 0.15) is 0 Å². The van der Waals surface area contributed by atoms with E-state index < -0.39 is 0 Å². The first-order valence-corrected chi connectivity index (χ1v) is 9.65. The molecule has 0 amide bonds. The summed E-state index contributed by atoms with van der Waals surface area (Å²) in [6.07, 6.45) is 0.414. The minimum absolute atomic E-state index is 0.0316. The number of hydrogen-bond donors (Lipinski definition) is 1. The van der Waals surface area contributed by atoms with Gasteiger partial charge in [-0.05, 0) is 58.8 Å². The van der Waals surface area contributed by atoms with Crippen molar-refractivity contribution < 1.29 is 4.79 Å². The summed E-state index contributed by atoms with van der Waals surface area (Å²) in [6, 6.07) is 16.9. The number of hydrogen-bond acceptors (Lipinski definition) is 4. The molecule has 0 saturated carbocycles. The van der Waals surface area contributed by atoms with Crippen LogP contribution in [0.2, 0.25) is 5.02 Å². The highest BCUT2D eigenvalue weighted by Gasteiger charge is 2.20. The van der Waals surface area contributed by atoms with Gasteiger partial charge in [-0.3, -0.25) is 4.79 Å². The van der Waals surface area contributed by atoms with Gasteiger partial charge in [0.2, 0.25) is 0 Å². The van der Waals surface area contributed by atoms with E-state index in [1.165, 1.54) is 0 Å². The fourth-order valence-corrected chi connectivity index (χ4v) is 4.46. The van der Waals surface area contributed by atoms with Gasteiger partial charge < -0.3 is 5.73 Å². The van der Waals surface area contributed by atoms with Crippen molar-refractivity contribution >= 4 is 46.2 Å². The zero-order valence-electron chi connectivity index (χ0n) is 12.8. The number of carbonyl (C=O) groups is 1. The molecule has 0 aliphatic rings. The van der Waals surface area contributed by atoms with Crippen molar-refractivity contribution in [1.82, 2.24) is 0 Å². The monoisotopic (exact) mass is 373 g/mol. The summed E-state index contributed by atoms with van der Waals surface area (Å²) in [5.41, 5.74) is 8.63. The maximum atomic E-state index is 12.7. The first-order valence-electron chi connectivity index (χ1n) is 7.45. The molecule has 2 N–H and O–H groups in total. The van der Waals surface area contributed by atoms with Crippen molar-refractivity contribution in [3.05, 3.63) is 81.5 Å². The third-order valence-electron chi connectivity index (χ3n) is 3.64. The predicted octanol–water partition coefficient (Wildman–Crippen LogP) is 6.09. The van der Waals surface area contributed by atoms with E-state index in [4.69, 9.17) is 17.3 Å². The summed E-state index contributed by atoms with van der Waals surface area (Å²) in [4.78, 5) is 13.7. The smallest absolute Gasteiger partial charge is 0.164 e. The lowest BCUT2D eigenvalue weighted by atomic mass is 10.0. The predicted molar refractivity (Wildman–Crippen MR) is 104 cm³/mol. The Hall–Kier alpha value is -1.75. The van der Waals surface area contributed by atoms with Crippen molar-refractivity contribution in [2.45, 2.75) is 16.6 Å². The van der Waals surface area contributed by atoms with E-state index in [-0.39, 0.29) is 11.0 Å². The Morgan fingerprint density at radius 1 is 1.12 bits per heavy atom. The molecule has 0 saturated heterocycles. The molecule has 0 aliphatic heterocycles. The number of nitrogen functional groups attached to an aromatic ring is 1. The summed E-state index contributed by atoms with van der Waals surface area (Å²) in [6.45, 7) is 0. The average Bonchev–Trinajstić information content (AvgIpc) is 3.11. The fraction of sp³-hybridized carbons (Fsp3) is 0.105. The molecule has 0 radical (unpaired) electrons. The molecule has 122 valence electrons. The SMILES string of the molecule is Nc1ccccc1S[C@H](CC(=O)c1ccc(Cl)cc1)c1ccsc1. The highest BCUT2D eigenvalue weighted by molar-refractivity contribution is 7.99. The number of anilines is 1. The Balaban J connectivity index is 1.82. The number of para-hydroxylation sites is 1. The summed E-state index contributed by atoms with van der Waals surface area (Å²) in [7, 11) is 0. The van der Waals surface area contributed by atoms with Gasteiger partial charge >= 0.3 is 0 Å². The number of thiophene rings is 1. The van der Waals surface area contributed by atoms with Crippen LogP contribution in [-0.4, -0.2) is 5.78 Å². The zero-order valence-corrected chi connectivity index (χ0v) is 15.2. The van der Waals surface area contributed by atoms with Gasteiger partial charge in [0.25, 0.3) is 0 Å². The molecule has 0 spiro atoms. The second kappa shape index (κ2) is 7.88. The van der Waals surface area contributed by atoms with Crippen LogP contribution >= 0.6 is 34.7 Å². The normalized spacial score (nSPS) is 12.0. The topological polar surface area (TPSA) is 43.1 Å². The third-order valence-corrected chi connectivity index (χ3v) is 5.94. The van der Waals surface area contributed by atoms with Crippen molar-refractivity contribution in [3.8, 4) is 0 Å². The van der Waals surface area contributed by atoms with E-state index in [9.17, 15) is 4.79 Å². The Morgan fingerprint density at radius 2 is 1.88 bits per heavy atom. The van der Waals surface area contributed by atoms with Crippen LogP contribution in [0.25, 0.3) is 0 Å².